The van der Waals surface area contributed by atoms with Crippen LogP contribution in [0.3, 0.4) is 0 Å². The first kappa shape index (κ1) is 15.0. The zero-order valence-electron chi connectivity index (χ0n) is 10.5. The number of amides is 2. The van der Waals surface area contributed by atoms with Crippen LogP contribution < -0.4 is 8.05 Å². The third kappa shape index (κ3) is 6.23. The molecule has 86 valence electrons. The molecule has 7 heteroatoms. The first-order chi connectivity index (χ1) is 6.55. The molecule has 0 aliphatic carbocycles. The van der Waals surface area contributed by atoms with E-state index in [2.05, 4.69) is 8.05 Å². The number of nitrogens with one attached hydrogen (secondary N) is 2. The zero-order chi connectivity index (χ0) is 12.3. The minimum absolute atomic E-state index is 0.165. The molecule has 2 N–H and O–H groups in total. The van der Waals surface area contributed by atoms with Crippen LogP contribution in [0.1, 0.15) is 0 Å². The predicted molar refractivity (Wildman–Crippen MR) is 70.9 cm³/mol. The Hall–Kier alpha value is 0.0101. The fourth-order valence-electron chi connectivity index (χ4n) is 0.735. The molecule has 0 spiro atoms. The molecule has 0 fully saturated rings. The maximum atomic E-state index is 11.6. The molecule has 0 aliphatic heterocycles. The van der Waals surface area contributed by atoms with E-state index in [4.69, 9.17) is 0 Å². The number of rotatable bonds is 4. The number of carbonyl (C=O) groups is 2. The van der Waals surface area contributed by atoms with Crippen LogP contribution in [0.2, 0.25) is 39.3 Å². The maximum absolute atomic E-state index is 11.6. The van der Waals surface area contributed by atoms with E-state index in [0.717, 1.165) is 0 Å². The Balaban J connectivity index is 3.92. The van der Waals surface area contributed by atoms with E-state index in [1.54, 1.807) is 0 Å². The molecule has 4 nitrogen and oxygen atoms in total. The van der Waals surface area contributed by atoms with Crippen molar-refractivity contribution in [1.82, 2.24) is 8.05 Å². The third-order valence-electron chi connectivity index (χ3n) is 1.86. The van der Waals surface area contributed by atoms with E-state index in [-0.39, 0.29) is 11.1 Å². The van der Waals surface area contributed by atoms with Crippen molar-refractivity contribution in [2.45, 2.75) is 39.3 Å². The molecule has 0 unspecified atom stereocenters. The van der Waals surface area contributed by atoms with Crippen LogP contribution in [-0.2, 0) is 0 Å². The fraction of sp³-hybridized carbons (Fsp3) is 0.750. The Morgan fingerprint density at radius 1 is 0.800 bits per heavy atom. The van der Waals surface area contributed by atoms with Gasteiger partial charge in [0.2, 0.25) is 0 Å². The normalized spacial score (nSPS) is 11.9. The molecular formula is C8H21GaN2O2Si2. The molecule has 15 heavy (non-hydrogen) atoms. The Morgan fingerprint density at radius 3 is 1.27 bits per heavy atom. The summed E-state index contributed by atoms with van der Waals surface area (Å²) in [6.07, 6.45) is 0. The standard InChI is InChI=1S/2C4H11NOSi.Ga.H/c2*1-7(2,3)4(5)6;;/h2*1-3H3,(H2,5,6);;/q;;+2;/p-2. The van der Waals surface area contributed by atoms with Crippen LogP contribution in [0, 0.1) is 0 Å². The van der Waals surface area contributed by atoms with Gasteiger partial charge in [-0.15, -0.1) is 0 Å². The molecule has 0 aromatic heterocycles. The van der Waals surface area contributed by atoms with E-state index >= 15 is 0 Å². The predicted octanol–water partition coefficient (Wildman–Crippen LogP) is 1.51. The molecule has 0 atom stereocenters. The molecule has 0 aliphatic rings. The fourth-order valence-corrected chi connectivity index (χ4v) is 10.2. The second-order valence-electron chi connectivity index (χ2n) is 5.69. The Labute approximate surface area is 102 Å². The number of hydrogen-bond acceptors (Lipinski definition) is 2. The summed E-state index contributed by atoms with van der Waals surface area (Å²) in [5, 5.41) is 0. The monoisotopic (exact) mass is 302 g/mol. The summed E-state index contributed by atoms with van der Waals surface area (Å²) in [4.78, 5) is 23.1. The third-order valence-corrected chi connectivity index (χ3v) is 8.51. The first-order valence-electron chi connectivity index (χ1n) is 5.12. The van der Waals surface area contributed by atoms with Gasteiger partial charge in [-0.25, -0.2) is 0 Å². The Morgan fingerprint density at radius 2 is 1.07 bits per heavy atom. The summed E-state index contributed by atoms with van der Waals surface area (Å²) in [6, 6.07) is 0. The molecule has 0 saturated carbocycles. The number of carbonyl (C=O) groups excluding carboxylic acids is 2. The topological polar surface area (TPSA) is 58.2 Å². The van der Waals surface area contributed by atoms with Gasteiger partial charge >= 0.3 is 102 Å². The molecule has 0 saturated heterocycles. The molecule has 0 radical (unpaired) electrons. The van der Waals surface area contributed by atoms with Crippen molar-refractivity contribution >= 4 is 45.1 Å². The van der Waals surface area contributed by atoms with Crippen molar-refractivity contribution in [2.75, 3.05) is 0 Å². The van der Waals surface area contributed by atoms with Gasteiger partial charge in [0.25, 0.3) is 0 Å². The van der Waals surface area contributed by atoms with E-state index in [1.807, 2.05) is 39.3 Å². The Kier molecular flexibility index (Phi) is 5.38. The summed E-state index contributed by atoms with van der Waals surface area (Å²) >= 11 is -1.40. The van der Waals surface area contributed by atoms with Gasteiger partial charge in [-0.3, -0.25) is 0 Å². The number of hydrogen-bond donors (Lipinski definition) is 2. The van der Waals surface area contributed by atoms with Gasteiger partial charge in [-0.2, -0.15) is 0 Å². The van der Waals surface area contributed by atoms with Crippen molar-refractivity contribution in [1.29, 1.82) is 0 Å². The summed E-state index contributed by atoms with van der Waals surface area (Å²) in [5.74, 6) is 0. The van der Waals surface area contributed by atoms with Crippen molar-refractivity contribution in [3.8, 4) is 0 Å². The first-order valence-corrected chi connectivity index (χ1v) is 15.1. The van der Waals surface area contributed by atoms with E-state index in [0.29, 0.717) is 0 Å². The van der Waals surface area contributed by atoms with Gasteiger partial charge in [0.15, 0.2) is 0 Å². The van der Waals surface area contributed by atoms with E-state index in [9.17, 15) is 9.59 Å². The van der Waals surface area contributed by atoms with Gasteiger partial charge < -0.3 is 0 Å². The zero-order valence-corrected chi connectivity index (χ0v) is 15.5. The van der Waals surface area contributed by atoms with Crippen LogP contribution in [0.4, 0.5) is 9.59 Å². The minimum atomic E-state index is -1.72. The average molecular weight is 303 g/mol. The molecule has 0 heterocycles. The quantitative estimate of drug-likeness (QED) is 0.774. The summed E-state index contributed by atoms with van der Waals surface area (Å²) in [6.45, 7) is 12.0. The van der Waals surface area contributed by atoms with Crippen molar-refractivity contribution < 1.29 is 9.59 Å². The summed E-state index contributed by atoms with van der Waals surface area (Å²) < 4.78 is 5.85. The SMILES string of the molecule is C[Si](C)(C)C(=O)[NH][GaH][NH]C(=O)[Si](C)(C)C. The van der Waals surface area contributed by atoms with Crippen LogP contribution in [0.15, 0.2) is 0 Å². The van der Waals surface area contributed by atoms with E-state index < -0.39 is 34.0 Å². The van der Waals surface area contributed by atoms with Crippen LogP contribution in [-0.4, -0.2) is 45.1 Å². The Bertz CT molecular complexity index is 232. The van der Waals surface area contributed by atoms with Crippen molar-refractivity contribution in [3.05, 3.63) is 0 Å². The van der Waals surface area contributed by atoms with Gasteiger partial charge in [0, 0.05) is 0 Å². The van der Waals surface area contributed by atoms with Crippen LogP contribution in [0.5, 0.6) is 0 Å². The molecular weight excluding hydrogens is 282 g/mol. The molecule has 0 rings (SSSR count). The summed E-state index contributed by atoms with van der Waals surface area (Å²) in [7, 11) is -3.44. The van der Waals surface area contributed by atoms with Gasteiger partial charge in [-0.05, 0) is 0 Å². The van der Waals surface area contributed by atoms with E-state index in [1.165, 1.54) is 0 Å². The van der Waals surface area contributed by atoms with Crippen LogP contribution >= 0.6 is 0 Å². The molecule has 0 aromatic rings. The van der Waals surface area contributed by atoms with Crippen molar-refractivity contribution in [3.63, 3.8) is 0 Å². The summed E-state index contributed by atoms with van der Waals surface area (Å²) in [5.41, 5.74) is 0.330. The second-order valence-corrected chi connectivity index (χ2v) is 17.8. The average Bonchev–Trinajstić information content (AvgIpc) is 2.00. The van der Waals surface area contributed by atoms with Crippen LogP contribution in [0.25, 0.3) is 0 Å². The van der Waals surface area contributed by atoms with Crippen molar-refractivity contribution in [2.24, 2.45) is 0 Å². The molecule has 2 amide bonds. The van der Waals surface area contributed by atoms with Gasteiger partial charge in [0.05, 0.1) is 0 Å². The second kappa shape index (κ2) is 5.37. The van der Waals surface area contributed by atoms with Gasteiger partial charge in [0.1, 0.15) is 0 Å². The van der Waals surface area contributed by atoms with Gasteiger partial charge in [-0.1, -0.05) is 0 Å². The molecule has 0 bridgehead atoms. The molecule has 0 aromatic carbocycles.